The van der Waals surface area contributed by atoms with Crippen LogP contribution >= 0.6 is 0 Å². The van der Waals surface area contributed by atoms with E-state index in [1.807, 2.05) is 0 Å². The van der Waals surface area contributed by atoms with Crippen LogP contribution in [0, 0.1) is 0 Å². The van der Waals surface area contributed by atoms with E-state index in [-0.39, 0.29) is 21.7 Å². The Kier molecular flexibility index (Phi) is 130. The van der Waals surface area contributed by atoms with Crippen molar-refractivity contribution in [1.82, 2.24) is 0 Å². The number of rotatable bonds is 0. The van der Waals surface area contributed by atoms with Crippen molar-refractivity contribution in [1.29, 1.82) is 0 Å². The molecule has 0 atom stereocenters. The van der Waals surface area contributed by atoms with Crippen molar-refractivity contribution in [2.24, 2.45) is 0 Å². The quantitative estimate of drug-likeness (QED) is 0.206. The summed E-state index contributed by atoms with van der Waals surface area (Å²) in [6, 6.07) is 0. The first-order valence-electron chi connectivity index (χ1n) is 0.800. The van der Waals surface area contributed by atoms with Crippen molar-refractivity contribution in [3.63, 3.8) is 0 Å². The second-order valence-corrected chi connectivity index (χ2v) is 0.179. The molecule has 7 heteroatoms. The minimum atomic E-state index is 0. The van der Waals surface area contributed by atoms with E-state index >= 15 is 0 Å². The van der Waals surface area contributed by atoms with Crippen molar-refractivity contribution < 1.29 is 21.7 Å². The first kappa shape index (κ1) is 16.2. The molecule has 0 saturated carbocycles. The van der Waals surface area contributed by atoms with Crippen molar-refractivity contribution >= 4 is 0 Å². The maximum absolute atomic E-state index is 6.75. The molecule has 0 aliphatic rings. The second-order valence-electron chi connectivity index (χ2n) is 0.179. The van der Waals surface area contributed by atoms with Crippen LogP contribution in [0.3, 0.4) is 0 Å². The molecular weight excluding hydrogens is 132 g/mol. The van der Waals surface area contributed by atoms with Gasteiger partial charge in [-0.2, -0.15) is 0 Å². The van der Waals surface area contributed by atoms with Gasteiger partial charge in [-0.1, -0.05) is 0 Å². The Morgan fingerprint density at radius 1 is 0.714 bits per heavy atom. The second kappa shape index (κ2) is 56.3. The normalized spacial score (nSPS) is 2.29. The maximum atomic E-state index is 6.75. The van der Waals surface area contributed by atoms with E-state index in [9.17, 15) is 0 Å². The van der Waals surface area contributed by atoms with Gasteiger partial charge in [0.15, 0.2) is 0 Å². The minimum absolute atomic E-state index is 0. The van der Waals surface area contributed by atoms with Gasteiger partial charge in [0.2, 0.25) is 0 Å². The fourth-order valence-electron chi connectivity index (χ4n) is 0. The smallest absolute Gasteiger partial charge is 0.373 e. The van der Waals surface area contributed by atoms with Crippen LogP contribution in [0.2, 0.25) is 0 Å². The molecule has 6 nitrogen and oxygen atoms in total. The summed E-state index contributed by atoms with van der Waals surface area (Å²) in [7, 11) is 0. The van der Waals surface area contributed by atoms with Crippen LogP contribution in [0.5, 0.6) is 0 Å². The molecule has 0 spiro atoms. The van der Waals surface area contributed by atoms with Crippen LogP contribution in [0.25, 0.3) is 31.9 Å². The van der Waals surface area contributed by atoms with Crippen LogP contribution in [-0.4, -0.2) is 0 Å². The van der Waals surface area contributed by atoms with E-state index in [0.717, 1.165) is 0 Å². The summed E-state index contributed by atoms with van der Waals surface area (Å²) in [5.74, 6) is 0. The number of hydrogen-bond acceptors (Lipinski definition) is 0. The molecule has 7 heavy (non-hydrogen) atoms. The van der Waals surface area contributed by atoms with Gasteiger partial charge in [-0.25, -0.2) is 0 Å². The topological polar surface area (TPSA) is 117 Å². The summed E-state index contributed by atoms with van der Waals surface area (Å²) in [5.41, 5.74) is 27.0. The van der Waals surface area contributed by atoms with Crippen LogP contribution < -0.4 is 0 Å². The fourth-order valence-corrected chi connectivity index (χ4v) is 0. The molecule has 0 aromatic heterocycles. The molecule has 0 saturated heterocycles. The molecule has 0 aromatic carbocycles. The minimum Gasteiger partial charge on any atom is -0.373 e. The van der Waals surface area contributed by atoms with E-state index in [2.05, 4.69) is 0 Å². The Bertz CT molecular complexity index is 58.2. The van der Waals surface area contributed by atoms with Gasteiger partial charge in [0.05, 0.1) is 0 Å². The van der Waals surface area contributed by atoms with Gasteiger partial charge in [-0.15, -0.1) is 0 Å². The third kappa shape index (κ3) is 134. The zero-order chi connectivity index (χ0) is 5.41. The van der Waals surface area contributed by atoms with Crippen LogP contribution in [-0.2, 0) is 21.7 Å². The molecule has 0 amide bonds. The molecule has 0 N–H and O–H groups in total. The summed E-state index contributed by atoms with van der Waals surface area (Å²) in [4.78, 5) is 3.00. The third-order valence-electron chi connectivity index (χ3n) is 0. The summed E-state index contributed by atoms with van der Waals surface area (Å²) < 4.78 is 0. The molecule has 0 bridgehead atoms. The Labute approximate surface area is 54.2 Å². The van der Waals surface area contributed by atoms with Crippen molar-refractivity contribution in [2.75, 3.05) is 0 Å². The van der Waals surface area contributed by atoms with Gasteiger partial charge in [0.25, 0.3) is 0 Å². The number of nitrogens with zero attached hydrogens (tertiary/aromatic N) is 6. The molecule has 0 fully saturated rings. The molecule has 0 heterocycles. The molecule has 0 rings (SSSR count). The van der Waals surface area contributed by atoms with Crippen molar-refractivity contribution in [3.8, 4) is 0 Å². The van der Waals surface area contributed by atoms with Crippen LogP contribution in [0.4, 0.5) is 0 Å². The predicted octanol–water partition coefficient (Wildman–Crippen LogP) is 1.73. The summed E-state index contributed by atoms with van der Waals surface area (Å²) in [6.07, 6.45) is 0. The Morgan fingerprint density at radius 2 is 0.714 bits per heavy atom. The van der Waals surface area contributed by atoms with Crippen molar-refractivity contribution in [2.45, 2.75) is 0 Å². The molecule has 0 unspecified atom stereocenters. The summed E-state index contributed by atoms with van der Waals surface area (Å²) in [6.45, 7) is 0. The van der Waals surface area contributed by atoms with Gasteiger partial charge < -0.3 is 22.1 Å². The SMILES string of the molecule is [N-]=[N+]=[N-].[N-]=[N+]=[N-].[Ti+2]. The Morgan fingerprint density at radius 3 is 0.714 bits per heavy atom. The van der Waals surface area contributed by atoms with Gasteiger partial charge >= 0.3 is 21.7 Å². The fraction of sp³-hybridized carbons (Fsp3) is 0. The maximum Gasteiger partial charge on any atom is 2.00 e. The standard InChI is InChI=1S/2N3.Ti/c2*1-3-2;/q2*-1;+2. The molecule has 34 valence electrons. The van der Waals surface area contributed by atoms with Gasteiger partial charge in [0, 0.05) is 0 Å². The van der Waals surface area contributed by atoms with E-state index in [1.54, 1.807) is 0 Å². The van der Waals surface area contributed by atoms with Crippen LogP contribution in [0.15, 0.2) is 0 Å². The predicted molar refractivity (Wildman–Crippen MR) is 20.2 cm³/mol. The first-order chi connectivity index (χ1) is 2.83. The monoisotopic (exact) mass is 132 g/mol. The average molecular weight is 132 g/mol. The zero-order valence-electron chi connectivity index (χ0n) is 3.18. The molecule has 0 aromatic rings. The van der Waals surface area contributed by atoms with Gasteiger partial charge in [-0.05, 0) is 0 Å². The van der Waals surface area contributed by atoms with E-state index in [0.29, 0.717) is 0 Å². The summed E-state index contributed by atoms with van der Waals surface area (Å²) in [5, 5.41) is 0. The zero-order valence-corrected chi connectivity index (χ0v) is 4.74. The van der Waals surface area contributed by atoms with E-state index in [4.69, 9.17) is 22.1 Å². The van der Waals surface area contributed by atoms with Crippen LogP contribution in [0.1, 0.15) is 0 Å². The average Bonchev–Trinajstić information content (AvgIpc) is 1.39. The Balaban J connectivity index is -0.0000000400. The molecule has 0 aliphatic heterocycles. The van der Waals surface area contributed by atoms with Gasteiger partial charge in [0.1, 0.15) is 0 Å². The third-order valence-corrected chi connectivity index (χ3v) is 0. The molecular formula is N6Ti. The first-order valence-corrected chi connectivity index (χ1v) is 0.800. The van der Waals surface area contributed by atoms with Gasteiger partial charge in [-0.3, -0.25) is 9.82 Å². The molecule has 0 aliphatic carbocycles. The van der Waals surface area contributed by atoms with Crippen molar-refractivity contribution in [3.05, 3.63) is 31.9 Å². The summed E-state index contributed by atoms with van der Waals surface area (Å²) >= 11 is 0. The number of hydrogen-bond donors (Lipinski definition) is 0. The van der Waals surface area contributed by atoms with E-state index in [1.165, 1.54) is 9.82 Å². The Hall–Kier alpha value is -0.666. The molecule has 0 radical (unpaired) electrons. The van der Waals surface area contributed by atoms with E-state index < -0.39 is 0 Å². The largest absolute Gasteiger partial charge is 2.00 e.